The van der Waals surface area contributed by atoms with Crippen molar-refractivity contribution in [1.82, 2.24) is 0 Å². The van der Waals surface area contributed by atoms with Crippen LogP contribution >= 0.6 is 7.82 Å². The molecule has 0 heterocycles. The molecule has 0 aromatic heterocycles. The van der Waals surface area contributed by atoms with Crippen molar-refractivity contribution in [3.05, 3.63) is 48.6 Å². The lowest BCUT2D eigenvalue weighted by Crippen LogP contribution is -2.37. The lowest BCUT2D eigenvalue weighted by molar-refractivity contribution is -0.870. The number of rotatable bonds is 38. The third-order valence-electron chi connectivity index (χ3n) is 8.94. The Labute approximate surface area is 336 Å². The second-order valence-electron chi connectivity index (χ2n) is 15.5. The summed E-state index contributed by atoms with van der Waals surface area (Å²) in [6.45, 7) is 3.95. The number of unbranched alkanes of at least 4 members (excludes halogenated alkanes) is 15. The molecule has 0 spiro atoms. The summed E-state index contributed by atoms with van der Waals surface area (Å²) in [4.78, 5) is 37.5. The van der Waals surface area contributed by atoms with E-state index in [1.165, 1.54) is 44.9 Å². The van der Waals surface area contributed by atoms with E-state index < -0.39 is 38.6 Å². The van der Waals surface area contributed by atoms with E-state index in [4.69, 9.17) is 18.5 Å². The number of carbonyl (C=O) groups excluding carboxylic acids is 2. The number of ether oxygens (including phenoxy) is 2. The highest BCUT2D eigenvalue weighted by molar-refractivity contribution is 7.45. The quantitative estimate of drug-likeness (QED) is 0.0162. The van der Waals surface area contributed by atoms with Crippen LogP contribution in [-0.2, 0) is 32.7 Å². The minimum atomic E-state index is -4.65. The molecule has 0 saturated heterocycles. The molecule has 0 aliphatic carbocycles. The number of nitrogens with zero attached hydrogens (tertiary/aromatic N) is 1. The van der Waals surface area contributed by atoms with E-state index in [1.54, 1.807) is 6.08 Å². The number of quaternary nitrogens is 1. The number of phosphoric acid groups is 1. The third-order valence-corrected chi connectivity index (χ3v) is 9.90. The van der Waals surface area contributed by atoms with E-state index in [9.17, 15) is 24.2 Å². The van der Waals surface area contributed by atoms with Crippen molar-refractivity contribution in [2.45, 2.75) is 174 Å². The van der Waals surface area contributed by atoms with E-state index in [0.717, 1.165) is 70.6 Å². The first-order valence-electron chi connectivity index (χ1n) is 21.5. The number of aliphatic hydroxyl groups excluding tert-OH is 1. The van der Waals surface area contributed by atoms with E-state index in [-0.39, 0.29) is 26.1 Å². The Hall–Kier alpha value is -2.07. The minimum Gasteiger partial charge on any atom is -0.756 e. The molecule has 11 heteroatoms. The predicted molar refractivity (Wildman–Crippen MR) is 223 cm³/mol. The number of allylic oxidation sites excluding steroid dienone is 7. The minimum absolute atomic E-state index is 0.0517. The summed E-state index contributed by atoms with van der Waals surface area (Å²) in [5, 5.41) is 10.1. The number of aliphatic hydroxyl groups is 1. The molecular formula is C44H80NO9P. The molecule has 320 valence electrons. The summed E-state index contributed by atoms with van der Waals surface area (Å²) < 4.78 is 33.8. The Bertz CT molecular complexity index is 1100. The molecule has 0 fully saturated rings. The molecule has 0 radical (unpaired) electrons. The molecule has 3 atom stereocenters. The third kappa shape index (κ3) is 39.9. The largest absolute Gasteiger partial charge is 0.756 e. The van der Waals surface area contributed by atoms with Gasteiger partial charge in [0.25, 0.3) is 7.82 Å². The van der Waals surface area contributed by atoms with Crippen molar-refractivity contribution in [2.75, 3.05) is 47.5 Å². The number of carbonyl (C=O) groups is 2. The molecule has 0 aliphatic rings. The van der Waals surface area contributed by atoms with Crippen molar-refractivity contribution in [3.8, 4) is 0 Å². The summed E-state index contributed by atoms with van der Waals surface area (Å²) in [6, 6.07) is 0. The molecule has 0 amide bonds. The van der Waals surface area contributed by atoms with Gasteiger partial charge in [0.05, 0.1) is 33.9 Å². The van der Waals surface area contributed by atoms with Gasteiger partial charge in [-0.2, -0.15) is 0 Å². The first-order chi connectivity index (χ1) is 26.4. The van der Waals surface area contributed by atoms with Gasteiger partial charge in [0.2, 0.25) is 0 Å². The highest BCUT2D eigenvalue weighted by Gasteiger charge is 2.21. The van der Waals surface area contributed by atoms with Crippen molar-refractivity contribution in [3.63, 3.8) is 0 Å². The molecule has 0 bridgehead atoms. The Morgan fingerprint density at radius 2 is 1.27 bits per heavy atom. The summed E-state index contributed by atoms with van der Waals surface area (Å²) in [5.41, 5.74) is 0. The molecule has 0 aromatic carbocycles. The summed E-state index contributed by atoms with van der Waals surface area (Å²) in [5.74, 6) is -0.924. The second kappa shape index (κ2) is 36.3. The SMILES string of the molecule is CC/C=C/C/C=C/C=C/C(O)CCCCCCCC(=O)O[C@H](COC(=O)CCCCCCC/C=C\CCCCCCCC)COP(=O)([O-])OCC[N+](C)(C)C. The van der Waals surface area contributed by atoms with E-state index in [1.807, 2.05) is 33.3 Å². The second-order valence-corrected chi connectivity index (χ2v) is 16.9. The Kier molecular flexibility index (Phi) is 34.9. The lowest BCUT2D eigenvalue weighted by atomic mass is 10.1. The normalized spacial score (nSPS) is 14.7. The van der Waals surface area contributed by atoms with E-state index >= 15 is 0 Å². The molecular weight excluding hydrogens is 717 g/mol. The molecule has 2 unspecified atom stereocenters. The molecule has 55 heavy (non-hydrogen) atoms. The maximum Gasteiger partial charge on any atom is 0.306 e. The Morgan fingerprint density at radius 3 is 1.89 bits per heavy atom. The van der Waals surface area contributed by atoms with Gasteiger partial charge in [-0.1, -0.05) is 140 Å². The van der Waals surface area contributed by atoms with Gasteiger partial charge in [-0.05, 0) is 57.8 Å². The monoisotopic (exact) mass is 798 g/mol. The van der Waals surface area contributed by atoms with Gasteiger partial charge in [-0.15, -0.1) is 0 Å². The van der Waals surface area contributed by atoms with Gasteiger partial charge < -0.3 is 33.0 Å². The smallest absolute Gasteiger partial charge is 0.306 e. The topological polar surface area (TPSA) is 131 Å². The standard InChI is InChI=1S/C44H80NO9P/c1-6-8-10-12-14-15-16-17-18-19-20-21-23-27-31-35-43(47)51-39-42(40-53-55(49,50)52-38-37-45(3,4)5)54-44(48)36-32-28-24-26-30-34-41(46)33-29-25-22-13-11-9-7-2/h9,11,17-18,22,25,29,33,41-42,46H,6-8,10,12-16,19-21,23-24,26-28,30-32,34-40H2,1-5H3/b11-9+,18-17-,25-22+,33-29+/t41?,42-/m1/s1. The van der Waals surface area contributed by atoms with Gasteiger partial charge >= 0.3 is 11.9 Å². The van der Waals surface area contributed by atoms with Gasteiger partial charge in [-0.25, -0.2) is 0 Å². The molecule has 0 saturated carbocycles. The fraction of sp³-hybridized carbons (Fsp3) is 0.773. The van der Waals surface area contributed by atoms with Gasteiger partial charge in [0.15, 0.2) is 6.10 Å². The van der Waals surface area contributed by atoms with Crippen LogP contribution in [-0.4, -0.2) is 81.2 Å². The van der Waals surface area contributed by atoms with Crippen LogP contribution in [0.3, 0.4) is 0 Å². The Balaban J connectivity index is 4.48. The van der Waals surface area contributed by atoms with Gasteiger partial charge in [0.1, 0.15) is 19.8 Å². The fourth-order valence-electron chi connectivity index (χ4n) is 5.54. The number of likely N-dealkylation sites (N-methyl/N-ethyl adjacent to an activating group) is 1. The number of phosphoric ester groups is 1. The maximum absolute atomic E-state index is 12.7. The number of hydrogen-bond donors (Lipinski definition) is 1. The van der Waals surface area contributed by atoms with Crippen molar-refractivity contribution < 1.29 is 47.2 Å². The van der Waals surface area contributed by atoms with Crippen molar-refractivity contribution in [1.29, 1.82) is 0 Å². The van der Waals surface area contributed by atoms with Crippen LogP contribution in [0.5, 0.6) is 0 Å². The molecule has 10 nitrogen and oxygen atoms in total. The number of esters is 2. The fourth-order valence-corrected chi connectivity index (χ4v) is 6.27. The van der Waals surface area contributed by atoms with Crippen LogP contribution in [0.4, 0.5) is 0 Å². The summed E-state index contributed by atoms with van der Waals surface area (Å²) in [6.07, 6.45) is 37.3. The van der Waals surface area contributed by atoms with Crippen LogP contribution in [0.1, 0.15) is 162 Å². The zero-order valence-corrected chi connectivity index (χ0v) is 36.4. The maximum atomic E-state index is 12.7. The number of hydrogen-bond acceptors (Lipinski definition) is 9. The van der Waals surface area contributed by atoms with Gasteiger partial charge in [-0.3, -0.25) is 14.2 Å². The zero-order valence-electron chi connectivity index (χ0n) is 35.5. The van der Waals surface area contributed by atoms with Crippen LogP contribution in [0.2, 0.25) is 0 Å². The first kappa shape index (κ1) is 52.9. The average Bonchev–Trinajstić information content (AvgIpc) is 3.12. The summed E-state index contributed by atoms with van der Waals surface area (Å²) >= 11 is 0. The first-order valence-corrected chi connectivity index (χ1v) is 22.9. The van der Waals surface area contributed by atoms with Crippen molar-refractivity contribution in [2.24, 2.45) is 0 Å². The van der Waals surface area contributed by atoms with E-state index in [0.29, 0.717) is 30.3 Å². The van der Waals surface area contributed by atoms with Gasteiger partial charge in [0, 0.05) is 12.8 Å². The van der Waals surface area contributed by atoms with Crippen molar-refractivity contribution >= 4 is 19.8 Å². The average molecular weight is 798 g/mol. The Morgan fingerprint density at radius 1 is 0.691 bits per heavy atom. The van der Waals surface area contributed by atoms with Crippen LogP contribution < -0.4 is 4.89 Å². The molecule has 1 N–H and O–H groups in total. The van der Waals surface area contributed by atoms with Crippen LogP contribution in [0, 0.1) is 0 Å². The highest BCUT2D eigenvalue weighted by Crippen LogP contribution is 2.38. The van der Waals surface area contributed by atoms with Crippen LogP contribution in [0.25, 0.3) is 0 Å². The molecule has 0 rings (SSSR count). The summed E-state index contributed by atoms with van der Waals surface area (Å²) in [7, 11) is 1.09. The van der Waals surface area contributed by atoms with Crippen LogP contribution in [0.15, 0.2) is 48.6 Å². The lowest BCUT2D eigenvalue weighted by Gasteiger charge is -2.28. The predicted octanol–water partition coefficient (Wildman–Crippen LogP) is 10.2. The highest BCUT2D eigenvalue weighted by atomic mass is 31.2. The zero-order chi connectivity index (χ0) is 40.9. The van der Waals surface area contributed by atoms with E-state index in [2.05, 4.69) is 44.2 Å². The molecule has 0 aromatic rings. The molecule has 0 aliphatic heterocycles.